The number of hydrazone groups is 1. The van der Waals surface area contributed by atoms with Crippen LogP contribution in [-0.4, -0.2) is 31.9 Å². The highest BCUT2D eigenvalue weighted by molar-refractivity contribution is 5.97. The number of aromatic nitrogens is 2. The Balaban J connectivity index is 2.16. The van der Waals surface area contributed by atoms with Gasteiger partial charge in [0.1, 0.15) is 11.4 Å². The summed E-state index contributed by atoms with van der Waals surface area (Å²) in [6.45, 7) is 1.45. The van der Waals surface area contributed by atoms with Crippen molar-refractivity contribution in [3.05, 3.63) is 51.3 Å². The summed E-state index contributed by atoms with van der Waals surface area (Å²) < 4.78 is 1.14. The van der Waals surface area contributed by atoms with Crippen LogP contribution in [0.2, 0.25) is 0 Å². The number of aromatic hydroxyl groups is 1. The molecule has 0 fully saturated rings. The van der Waals surface area contributed by atoms with Gasteiger partial charge >= 0.3 is 5.69 Å². The Bertz CT molecular complexity index is 749. The fourth-order valence-electron chi connectivity index (χ4n) is 1.90. The van der Waals surface area contributed by atoms with Gasteiger partial charge in [0.2, 0.25) is 5.69 Å². The van der Waals surface area contributed by atoms with Crippen LogP contribution in [0.25, 0.3) is 0 Å². The molecule has 1 aromatic carbocycles. The lowest BCUT2D eigenvalue weighted by molar-refractivity contribution is -0.385. The summed E-state index contributed by atoms with van der Waals surface area (Å²) in [5.41, 5.74) is 2.49. The molecule has 0 aliphatic rings. The molecular weight excluding hydrogens is 290 g/mol. The van der Waals surface area contributed by atoms with Gasteiger partial charge in [-0.25, -0.2) is 5.43 Å². The van der Waals surface area contributed by atoms with Crippen molar-refractivity contribution in [3.8, 4) is 5.75 Å². The first-order valence-electron chi connectivity index (χ1n) is 6.20. The third-order valence-electron chi connectivity index (χ3n) is 2.86. The van der Waals surface area contributed by atoms with Gasteiger partial charge < -0.3 is 5.11 Å². The predicted molar refractivity (Wildman–Crippen MR) is 77.8 cm³/mol. The largest absolute Gasteiger partial charge is 0.508 e. The Morgan fingerprint density at radius 3 is 2.68 bits per heavy atom. The van der Waals surface area contributed by atoms with Gasteiger partial charge in [0.05, 0.1) is 11.1 Å². The maximum atomic E-state index is 12.0. The summed E-state index contributed by atoms with van der Waals surface area (Å²) in [4.78, 5) is 22.4. The number of nitro groups is 1. The van der Waals surface area contributed by atoms with Gasteiger partial charge in [-0.3, -0.25) is 19.6 Å². The van der Waals surface area contributed by atoms with Crippen molar-refractivity contribution in [3.63, 3.8) is 0 Å². The third kappa shape index (κ3) is 3.08. The minimum absolute atomic E-state index is 0.113. The first-order valence-corrected chi connectivity index (χ1v) is 6.20. The highest BCUT2D eigenvalue weighted by atomic mass is 16.6. The zero-order valence-electron chi connectivity index (χ0n) is 11.8. The van der Waals surface area contributed by atoms with E-state index in [0.717, 1.165) is 4.68 Å². The van der Waals surface area contributed by atoms with Gasteiger partial charge in [0.25, 0.3) is 5.91 Å². The van der Waals surface area contributed by atoms with E-state index in [1.54, 1.807) is 12.1 Å². The standard InChI is InChI=1S/C13H13N5O4/c1-8-11(18(21)22)12(17(2)16-8)13(20)15-14-7-9-3-5-10(19)6-4-9/h3-7,19H,1-2H3,(H,15,20). The van der Waals surface area contributed by atoms with Crippen molar-refractivity contribution in [2.75, 3.05) is 0 Å². The van der Waals surface area contributed by atoms with Crippen LogP contribution in [-0.2, 0) is 7.05 Å². The quantitative estimate of drug-likeness (QED) is 0.497. The Morgan fingerprint density at radius 2 is 2.09 bits per heavy atom. The van der Waals surface area contributed by atoms with Crippen molar-refractivity contribution in [1.29, 1.82) is 0 Å². The number of hydrogen-bond acceptors (Lipinski definition) is 6. The van der Waals surface area contributed by atoms with E-state index in [4.69, 9.17) is 5.11 Å². The summed E-state index contributed by atoms with van der Waals surface area (Å²) >= 11 is 0. The monoisotopic (exact) mass is 303 g/mol. The van der Waals surface area contributed by atoms with E-state index in [2.05, 4.69) is 15.6 Å². The average Bonchev–Trinajstić information content (AvgIpc) is 2.75. The Kier molecular flexibility index (Phi) is 4.16. The van der Waals surface area contributed by atoms with Crippen LogP contribution in [0.5, 0.6) is 5.75 Å². The normalized spacial score (nSPS) is 10.8. The molecule has 9 nitrogen and oxygen atoms in total. The van der Waals surface area contributed by atoms with Crippen LogP contribution in [0.3, 0.4) is 0 Å². The van der Waals surface area contributed by atoms with Gasteiger partial charge in [0, 0.05) is 7.05 Å². The highest BCUT2D eigenvalue weighted by Crippen LogP contribution is 2.21. The second-order valence-corrected chi connectivity index (χ2v) is 4.45. The number of nitrogens with one attached hydrogen (secondary N) is 1. The lowest BCUT2D eigenvalue weighted by Crippen LogP contribution is -2.22. The van der Waals surface area contributed by atoms with E-state index >= 15 is 0 Å². The number of benzene rings is 1. The third-order valence-corrected chi connectivity index (χ3v) is 2.86. The van der Waals surface area contributed by atoms with Crippen molar-refractivity contribution >= 4 is 17.8 Å². The molecule has 1 amide bonds. The zero-order valence-corrected chi connectivity index (χ0v) is 11.8. The molecule has 0 unspecified atom stereocenters. The molecule has 0 spiro atoms. The maximum absolute atomic E-state index is 12.0. The molecular formula is C13H13N5O4. The van der Waals surface area contributed by atoms with E-state index in [1.807, 2.05) is 0 Å². The van der Waals surface area contributed by atoms with Gasteiger partial charge in [-0.15, -0.1) is 0 Å². The molecule has 0 aliphatic carbocycles. The zero-order chi connectivity index (χ0) is 16.3. The smallest absolute Gasteiger partial charge is 0.322 e. The summed E-state index contributed by atoms with van der Waals surface area (Å²) in [6, 6.07) is 6.14. The van der Waals surface area contributed by atoms with Crippen LogP contribution >= 0.6 is 0 Å². The van der Waals surface area contributed by atoms with E-state index in [9.17, 15) is 14.9 Å². The Morgan fingerprint density at radius 1 is 1.45 bits per heavy atom. The minimum Gasteiger partial charge on any atom is -0.508 e. The number of phenolic OH excluding ortho intramolecular Hbond substituents is 1. The molecule has 0 saturated heterocycles. The van der Waals surface area contributed by atoms with E-state index in [1.165, 1.54) is 32.3 Å². The summed E-state index contributed by atoms with van der Waals surface area (Å²) in [5, 5.41) is 27.7. The van der Waals surface area contributed by atoms with Crippen LogP contribution < -0.4 is 5.43 Å². The van der Waals surface area contributed by atoms with Crippen LogP contribution in [0.4, 0.5) is 5.69 Å². The number of carbonyl (C=O) groups is 1. The van der Waals surface area contributed by atoms with Crippen LogP contribution in [0, 0.1) is 17.0 Å². The van der Waals surface area contributed by atoms with Crippen molar-refractivity contribution in [2.45, 2.75) is 6.92 Å². The maximum Gasteiger partial charge on any atom is 0.322 e. The Labute approximate surface area is 125 Å². The molecule has 1 aromatic heterocycles. The van der Waals surface area contributed by atoms with Crippen molar-refractivity contribution in [2.24, 2.45) is 12.1 Å². The number of phenols is 1. The predicted octanol–water partition coefficient (Wildman–Crippen LogP) is 1.11. The van der Waals surface area contributed by atoms with Crippen LogP contribution in [0.1, 0.15) is 21.7 Å². The minimum atomic E-state index is -0.732. The van der Waals surface area contributed by atoms with Crippen molar-refractivity contribution in [1.82, 2.24) is 15.2 Å². The summed E-state index contributed by atoms with van der Waals surface area (Å²) in [5.74, 6) is -0.619. The average molecular weight is 303 g/mol. The molecule has 9 heteroatoms. The molecule has 0 aliphatic heterocycles. The lowest BCUT2D eigenvalue weighted by atomic mass is 10.2. The highest BCUT2D eigenvalue weighted by Gasteiger charge is 2.28. The number of amides is 1. The van der Waals surface area contributed by atoms with E-state index in [-0.39, 0.29) is 22.8 Å². The second-order valence-electron chi connectivity index (χ2n) is 4.45. The molecule has 0 bridgehead atoms. The molecule has 2 aromatic rings. The summed E-state index contributed by atoms with van der Waals surface area (Å²) in [7, 11) is 1.44. The van der Waals surface area contributed by atoms with Gasteiger partial charge in [0.15, 0.2) is 0 Å². The van der Waals surface area contributed by atoms with E-state index in [0.29, 0.717) is 5.56 Å². The van der Waals surface area contributed by atoms with Gasteiger partial charge in [-0.05, 0) is 36.8 Å². The molecule has 0 saturated carbocycles. The molecule has 1 heterocycles. The first kappa shape index (κ1) is 15.2. The SMILES string of the molecule is Cc1nn(C)c(C(=O)NN=Cc2ccc(O)cc2)c1[N+](=O)[O-]. The fourth-order valence-corrected chi connectivity index (χ4v) is 1.90. The number of hydrogen-bond donors (Lipinski definition) is 2. The molecule has 2 rings (SSSR count). The number of rotatable bonds is 4. The molecule has 22 heavy (non-hydrogen) atoms. The Hall–Kier alpha value is -3.23. The second kappa shape index (κ2) is 6.04. The summed E-state index contributed by atoms with van der Waals surface area (Å²) in [6.07, 6.45) is 1.35. The first-order chi connectivity index (χ1) is 10.4. The number of carbonyl (C=O) groups excluding carboxylic acids is 1. The topological polar surface area (TPSA) is 123 Å². The van der Waals surface area contributed by atoms with Crippen LogP contribution in [0.15, 0.2) is 29.4 Å². The molecule has 2 N–H and O–H groups in total. The number of aryl methyl sites for hydroxylation is 2. The van der Waals surface area contributed by atoms with Gasteiger partial charge in [-0.1, -0.05) is 0 Å². The lowest BCUT2D eigenvalue weighted by Gasteiger charge is -2.00. The van der Waals surface area contributed by atoms with E-state index < -0.39 is 10.8 Å². The molecule has 0 atom stereocenters. The van der Waals surface area contributed by atoms with Crippen molar-refractivity contribution < 1.29 is 14.8 Å². The number of nitrogens with zero attached hydrogens (tertiary/aromatic N) is 4. The molecule has 0 radical (unpaired) electrons. The molecule has 114 valence electrons. The van der Waals surface area contributed by atoms with Gasteiger partial charge in [-0.2, -0.15) is 10.2 Å². The fraction of sp³-hybridized carbons (Fsp3) is 0.154.